The second kappa shape index (κ2) is 10.7. The van der Waals surface area contributed by atoms with E-state index in [1.807, 2.05) is 36.4 Å². The van der Waals surface area contributed by atoms with E-state index in [0.717, 1.165) is 22.3 Å². The molecule has 1 aliphatic rings. The summed E-state index contributed by atoms with van der Waals surface area (Å²) in [6.45, 7) is 4.70. The highest BCUT2D eigenvalue weighted by Gasteiger charge is 2.38. The summed E-state index contributed by atoms with van der Waals surface area (Å²) in [6, 6.07) is 56.2. The molecule has 0 fully saturated rings. The van der Waals surface area contributed by atoms with E-state index in [1.165, 1.54) is 65.9 Å². The standard InChI is InChI=1S/C48H32N4/c1-48(2)37-24-12-9-21-32(37)41-34(23-15-25-38(41)48)42-36(47-50-45(29-16-5-3-6-17-29)49-46(51-47)30-18-7-4-8-19-30)28-35-31-20-10-13-26-39(31)52-40-27-14-11-22-33(40)43(42)44(35)52/h3-28H,1-2H3. The number of nitrogens with zero attached hydrogens (tertiary/aromatic N) is 4. The van der Waals surface area contributed by atoms with Crippen LogP contribution in [0.2, 0.25) is 0 Å². The van der Waals surface area contributed by atoms with E-state index >= 15 is 0 Å². The number of rotatable bonds is 4. The minimum atomic E-state index is -0.145. The molecule has 0 amide bonds. The molecule has 1 aliphatic carbocycles. The molecule has 0 saturated heterocycles. The molecular formula is C48H32N4. The zero-order chi connectivity index (χ0) is 34.6. The normalized spacial score (nSPS) is 13.3. The zero-order valence-corrected chi connectivity index (χ0v) is 28.8. The van der Waals surface area contributed by atoms with Crippen molar-refractivity contribution in [1.29, 1.82) is 0 Å². The van der Waals surface area contributed by atoms with Crippen LogP contribution in [0.25, 0.3) is 94.5 Å². The van der Waals surface area contributed by atoms with Crippen molar-refractivity contribution in [2.24, 2.45) is 0 Å². The molecule has 4 nitrogen and oxygen atoms in total. The number of aromatic nitrogens is 4. The van der Waals surface area contributed by atoms with E-state index in [-0.39, 0.29) is 5.41 Å². The van der Waals surface area contributed by atoms with Crippen LogP contribution < -0.4 is 0 Å². The van der Waals surface area contributed by atoms with E-state index < -0.39 is 0 Å². The number of benzene rings is 7. The van der Waals surface area contributed by atoms with Gasteiger partial charge >= 0.3 is 0 Å². The highest BCUT2D eigenvalue weighted by molar-refractivity contribution is 6.29. The molecule has 11 rings (SSSR count). The van der Waals surface area contributed by atoms with E-state index in [1.54, 1.807) is 0 Å². The molecule has 0 bridgehead atoms. The van der Waals surface area contributed by atoms with Gasteiger partial charge in [-0.1, -0.05) is 153 Å². The lowest BCUT2D eigenvalue weighted by Gasteiger charge is -2.22. The molecule has 52 heavy (non-hydrogen) atoms. The average Bonchev–Trinajstić information content (AvgIpc) is 3.81. The summed E-state index contributed by atoms with van der Waals surface area (Å²) in [7, 11) is 0. The molecule has 244 valence electrons. The first kappa shape index (κ1) is 29.1. The zero-order valence-electron chi connectivity index (χ0n) is 28.8. The lowest BCUT2D eigenvalue weighted by molar-refractivity contribution is 0.660. The van der Waals surface area contributed by atoms with Gasteiger partial charge in [-0.25, -0.2) is 15.0 Å². The van der Waals surface area contributed by atoms with Gasteiger partial charge < -0.3 is 4.40 Å². The van der Waals surface area contributed by atoms with Crippen LogP contribution in [0.1, 0.15) is 25.0 Å². The fourth-order valence-electron chi connectivity index (χ4n) is 8.87. The van der Waals surface area contributed by atoms with Crippen LogP contribution in [-0.2, 0) is 5.41 Å². The number of para-hydroxylation sites is 2. The fraction of sp³-hybridized carbons (Fsp3) is 0.0625. The van der Waals surface area contributed by atoms with E-state index in [9.17, 15) is 0 Å². The Kier molecular flexibility index (Phi) is 5.98. The van der Waals surface area contributed by atoms with Crippen molar-refractivity contribution < 1.29 is 0 Å². The predicted octanol–water partition coefficient (Wildman–Crippen LogP) is 12.0. The van der Waals surface area contributed by atoms with Crippen molar-refractivity contribution in [3.8, 4) is 56.4 Å². The first-order valence-corrected chi connectivity index (χ1v) is 17.9. The molecule has 0 aliphatic heterocycles. The molecule has 3 heterocycles. The van der Waals surface area contributed by atoms with Crippen LogP contribution in [0.5, 0.6) is 0 Å². The summed E-state index contributed by atoms with van der Waals surface area (Å²) in [6.07, 6.45) is 0. The maximum absolute atomic E-state index is 5.34. The maximum Gasteiger partial charge on any atom is 0.164 e. The molecule has 4 heteroatoms. The van der Waals surface area contributed by atoms with Gasteiger partial charge in [0.05, 0.1) is 16.6 Å². The Labute approximate surface area is 301 Å². The summed E-state index contributed by atoms with van der Waals surface area (Å²) >= 11 is 0. The Bertz CT molecular complexity index is 2970. The predicted molar refractivity (Wildman–Crippen MR) is 214 cm³/mol. The highest BCUT2D eigenvalue weighted by atomic mass is 15.0. The van der Waals surface area contributed by atoms with Crippen LogP contribution in [0.15, 0.2) is 158 Å². The van der Waals surface area contributed by atoms with Gasteiger partial charge in [0, 0.05) is 49.2 Å². The monoisotopic (exact) mass is 664 g/mol. The molecule has 3 aromatic heterocycles. The quantitative estimate of drug-likeness (QED) is 0.188. The number of fused-ring (bicyclic) bond motifs is 9. The van der Waals surface area contributed by atoms with E-state index in [2.05, 4.69) is 140 Å². The van der Waals surface area contributed by atoms with E-state index in [0.29, 0.717) is 17.5 Å². The molecule has 0 unspecified atom stereocenters. The van der Waals surface area contributed by atoms with Gasteiger partial charge in [-0.3, -0.25) is 0 Å². The highest BCUT2D eigenvalue weighted by Crippen LogP contribution is 2.55. The summed E-state index contributed by atoms with van der Waals surface area (Å²) in [5, 5.41) is 4.84. The number of hydrogen-bond donors (Lipinski definition) is 0. The van der Waals surface area contributed by atoms with Crippen molar-refractivity contribution in [2.75, 3.05) is 0 Å². The van der Waals surface area contributed by atoms with Crippen LogP contribution in [-0.4, -0.2) is 19.4 Å². The molecule has 0 spiro atoms. The molecule has 7 aromatic carbocycles. The first-order chi connectivity index (χ1) is 25.6. The summed E-state index contributed by atoms with van der Waals surface area (Å²) in [5.74, 6) is 1.96. The van der Waals surface area contributed by atoms with Crippen molar-refractivity contribution in [1.82, 2.24) is 19.4 Å². The Balaban J connectivity index is 1.35. The Morgan fingerprint density at radius 1 is 0.423 bits per heavy atom. The minimum Gasteiger partial charge on any atom is -0.308 e. The van der Waals surface area contributed by atoms with E-state index in [4.69, 9.17) is 15.0 Å². The fourth-order valence-corrected chi connectivity index (χ4v) is 8.87. The van der Waals surface area contributed by atoms with Gasteiger partial charge in [-0.15, -0.1) is 0 Å². The smallest absolute Gasteiger partial charge is 0.164 e. The number of hydrogen-bond acceptors (Lipinski definition) is 3. The molecular weight excluding hydrogens is 633 g/mol. The van der Waals surface area contributed by atoms with Gasteiger partial charge in [-0.2, -0.15) is 0 Å². The third-order valence-electron chi connectivity index (χ3n) is 11.2. The lowest BCUT2D eigenvalue weighted by Crippen LogP contribution is -2.14. The maximum atomic E-state index is 5.34. The average molecular weight is 665 g/mol. The van der Waals surface area contributed by atoms with Gasteiger partial charge in [-0.05, 0) is 46.0 Å². The minimum absolute atomic E-state index is 0.145. The molecule has 0 N–H and O–H groups in total. The molecule has 10 aromatic rings. The second-order valence-electron chi connectivity index (χ2n) is 14.4. The Hall–Kier alpha value is -6.65. The first-order valence-electron chi connectivity index (χ1n) is 17.9. The molecule has 0 atom stereocenters. The molecule has 0 radical (unpaired) electrons. The summed E-state index contributed by atoms with van der Waals surface area (Å²) in [5.41, 5.74) is 14.0. The summed E-state index contributed by atoms with van der Waals surface area (Å²) < 4.78 is 2.46. The third-order valence-corrected chi connectivity index (χ3v) is 11.2. The van der Waals surface area contributed by atoms with Crippen molar-refractivity contribution >= 4 is 38.1 Å². The SMILES string of the molecule is CC1(C)c2ccccc2-c2c(-c3c(-c4nc(-c5ccccc5)nc(-c5ccccc5)n4)cc4c5ccccc5n5c6ccccc6c3c45)cccc21. The second-order valence-corrected chi connectivity index (χ2v) is 14.4. The Morgan fingerprint density at radius 2 is 0.962 bits per heavy atom. The topological polar surface area (TPSA) is 43.1 Å². The van der Waals surface area contributed by atoms with Gasteiger partial charge in [0.15, 0.2) is 17.5 Å². The largest absolute Gasteiger partial charge is 0.308 e. The summed E-state index contributed by atoms with van der Waals surface area (Å²) in [4.78, 5) is 15.8. The van der Waals surface area contributed by atoms with Gasteiger partial charge in [0.2, 0.25) is 0 Å². The van der Waals surface area contributed by atoms with Gasteiger partial charge in [0.1, 0.15) is 0 Å². The third kappa shape index (κ3) is 3.95. The van der Waals surface area contributed by atoms with Crippen LogP contribution >= 0.6 is 0 Å². The van der Waals surface area contributed by atoms with Gasteiger partial charge in [0.25, 0.3) is 0 Å². The lowest BCUT2D eigenvalue weighted by atomic mass is 9.81. The van der Waals surface area contributed by atoms with Crippen molar-refractivity contribution in [3.63, 3.8) is 0 Å². The molecule has 0 saturated carbocycles. The Morgan fingerprint density at radius 3 is 1.67 bits per heavy atom. The van der Waals surface area contributed by atoms with Crippen molar-refractivity contribution in [3.05, 3.63) is 169 Å². The van der Waals surface area contributed by atoms with Crippen LogP contribution in [0.3, 0.4) is 0 Å². The van der Waals surface area contributed by atoms with Crippen molar-refractivity contribution in [2.45, 2.75) is 19.3 Å². The van der Waals surface area contributed by atoms with Crippen LogP contribution in [0, 0.1) is 0 Å². The van der Waals surface area contributed by atoms with Crippen LogP contribution in [0.4, 0.5) is 0 Å².